The number of pyridine rings is 1. The van der Waals surface area contributed by atoms with E-state index in [-0.39, 0.29) is 25.8 Å². The molecule has 7 aromatic rings. The Morgan fingerprint density at radius 2 is 1.48 bits per heavy atom. The molecule has 0 spiro atoms. The molecule has 8 rings (SSSR count). The van der Waals surface area contributed by atoms with E-state index in [9.17, 15) is 0 Å². The standard InChI is InChI=1S/C39H32N5O.Pd/c1-39(2,3)27-17-20-36(40-25-27)44-35-24-31(45-30-14-10-13-29(23-30)42-22-21-41(4)26-42)18-19-33(35)37-38(44)32-15-8-9-16-34(32)43(37)28-11-6-5-7-12-28;/h5-22,25-26H,1-4H3;/q-3;. The first kappa shape index (κ1) is 29.9. The molecule has 6 nitrogen and oxygen atoms in total. The molecule has 3 aromatic heterocycles. The summed E-state index contributed by atoms with van der Waals surface area (Å²) in [5.41, 5.74) is 7.42. The second-order valence-electron chi connectivity index (χ2n) is 12.4. The molecule has 4 aromatic carbocycles. The van der Waals surface area contributed by atoms with E-state index in [0.29, 0.717) is 11.5 Å². The Morgan fingerprint density at radius 1 is 0.717 bits per heavy atom. The maximum absolute atomic E-state index is 6.41. The number of para-hydroxylation sites is 2. The average molecular weight is 693 g/mol. The number of aromatic nitrogens is 3. The maximum Gasteiger partial charge on any atom is 0.135 e. The Bertz CT molecular complexity index is 2230. The molecule has 0 radical (unpaired) electrons. The SMILES string of the molecule is CN1C=CN(c2[c-]c(Oc3[c-]c4c(cc3)c3c(c5ccccc5n3-c3ccccc3)n4-c3ccc(C(C)(C)C)cn3)ccc2)[CH-]1.[Pd]. The quantitative estimate of drug-likeness (QED) is 0.133. The van der Waals surface area contributed by atoms with Crippen molar-refractivity contribution in [2.45, 2.75) is 26.2 Å². The summed E-state index contributed by atoms with van der Waals surface area (Å²) >= 11 is 0. The van der Waals surface area contributed by atoms with E-state index < -0.39 is 0 Å². The van der Waals surface area contributed by atoms with Crippen LogP contribution in [0.15, 0.2) is 116 Å². The van der Waals surface area contributed by atoms with Crippen LogP contribution in [0.25, 0.3) is 44.3 Å². The van der Waals surface area contributed by atoms with Gasteiger partial charge in [0.05, 0.1) is 11.0 Å². The van der Waals surface area contributed by atoms with Gasteiger partial charge in [0, 0.05) is 54.7 Å². The molecule has 0 unspecified atom stereocenters. The Labute approximate surface area is 282 Å². The van der Waals surface area contributed by atoms with E-state index in [2.05, 4.69) is 115 Å². The van der Waals surface area contributed by atoms with Crippen LogP contribution >= 0.6 is 0 Å². The zero-order valence-electron chi connectivity index (χ0n) is 26.0. The van der Waals surface area contributed by atoms with Gasteiger partial charge in [-0.2, -0.15) is 18.8 Å². The minimum Gasteiger partial charge on any atom is -0.510 e. The fourth-order valence-electron chi connectivity index (χ4n) is 6.09. The van der Waals surface area contributed by atoms with Gasteiger partial charge in [-0.05, 0) is 54.7 Å². The van der Waals surface area contributed by atoms with Crippen LogP contribution in [-0.2, 0) is 25.8 Å². The smallest absolute Gasteiger partial charge is 0.135 e. The molecule has 1 aliphatic rings. The van der Waals surface area contributed by atoms with Crippen LogP contribution in [0.5, 0.6) is 11.5 Å². The number of rotatable bonds is 5. The Balaban J connectivity index is 0.00000338. The number of hydrogen-bond acceptors (Lipinski definition) is 4. The van der Waals surface area contributed by atoms with Crippen LogP contribution in [0.4, 0.5) is 5.69 Å². The topological polar surface area (TPSA) is 38.5 Å². The van der Waals surface area contributed by atoms with Crippen molar-refractivity contribution in [3.8, 4) is 23.0 Å². The summed E-state index contributed by atoms with van der Waals surface area (Å²) in [6, 6.07) is 40.4. The number of benzene rings is 4. The van der Waals surface area contributed by atoms with Crippen LogP contribution < -0.4 is 9.64 Å². The van der Waals surface area contributed by atoms with E-state index in [1.54, 1.807) is 0 Å². The molecule has 0 atom stereocenters. The molecule has 4 heterocycles. The second-order valence-corrected chi connectivity index (χ2v) is 12.4. The first-order valence-electron chi connectivity index (χ1n) is 15.1. The van der Waals surface area contributed by atoms with Crippen LogP contribution in [0, 0.1) is 18.8 Å². The first-order chi connectivity index (χ1) is 21.8. The molecule has 232 valence electrons. The molecule has 0 fully saturated rings. The Kier molecular flexibility index (Phi) is 7.47. The number of fused-ring (bicyclic) bond motifs is 5. The van der Waals surface area contributed by atoms with Crippen molar-refractivity contribution >= 4 is 38.5 Å². The molecule has 0 saturated carbocycles. The average Bonchev–Trinajstić information content (AvgIpc) is 3.73. The minimum absolute atomic E-state index is 0. The molecule has 0 saturated heterocycles. The molecule has 0 amide bonds. The predicted molar refractivity (Wildman–Crippen MR) is 182 cm³/mol. The van der Waals surface area contributed by atoms with Gasteiger partial charge in [0.15, 0.2) is 0 Å². The first-order valence-corrected chi connectivity index (χ1v) is 15.1. The molecule has 46 heavy (non-hydrogen) atoms. The van der Waals surface area contributed by atoms with Gasteiger partial charge in [0.25, 0.3) is 0 Å². The van der Waals surface area contributed by atoms with Gasteiger partial charge >= 0.3 is 0 Å². The third kappa shape index (κ3) is 5.06. The summed E-state index contributed by atoms with van der Waals surface area (Å²) in [6.45, 7) is 8.62. The summed E-state index contributed by atoms with van der Waals surface area (Å²) in [6.07, 6.45) is 5.98. The molecule has 1 aliphatic heterocycles. The maximum atomic E-state index is 6.41. The van der Waals surface area contributed by atoms with E-state index >= 15 is 0 Å². The minimum atomic E-state index is -0.000845. The summed E-state index contributed by atoms with van der Waals surface area (Å²) in [5, 5.41) is 2.21. The van der Waals surface area contributed by atoms with Gasteiger partial charge in [-0.15, -0.1) is 36.0 Å². The van der Waals surface area contributed by atoms with Gasteiger partial charge in [0.2, 0.25) is 0 Å². The van der Waals surface area contributed by atoms with Gasteiger partial charge in [0.1, 0.15) is 5.82 Å². The van der Waals surface area contributed by atoms with Gasteiger partial charge in [-0.25, -0.2) is 4.98 Å². The van der Waals surface area contributed by atoms with Crippen LogP contribution in [0.2, 0.25) is 0 Å². The monoisotopic (exact) mass is 692 g/mol. The summed E-state index contributed by atoms with van der Waals surface area (Å²) in [5.74, 6) is 2.06. The zero-order chi connectivity index (χ0) is 30.7. The second kappa shape index (κ2) is 11.5. The number of nitrogens with zero attached hydrogens (tertiary/aromatic N) is 5. The van der Waals surface area contributed by atoms with Crippen molar-refractivity contribution in [1.82, 2.24) is 19.0 Å². The van der Waals surface area contributed by atoms with E-state index in [4.69, 9.17) is 9.72 Å². The Hall–Kier alpha value is -4.83. The van der Waals surface area contributed by atoms with Crippen molar-refractivity contribution in [3.05, 3.63) is 140 Å². The van der Waals surface area contributed by atoms with Crippen molar-refractivity contribution < 1.29 is 25.2 Å². The van der Waals surface area contributed by atoms with Crippen molar-refractivity contribution in [3.63, 3.8) is 0 Å². The third-order valence-corrected chi connectivity index (χ3v) is 8.33. The summed E-state index contributed by atoms with van der Waals surface area (Å²) in [4.78, 5) is 9.03. The fourth-order valence-corrected chi connectivity index (χ4v) is 6.09. The van der Waals surface area contributed by atoms with Crippen LogP contribution in [0.3, 0.4) is 0 Å². The predicted octanol–water partition coefficient (Wildman–Crippen LogP) is 9.15. The molecule has 0 bridgehead atoms. The normalized spacial score (nSPS) is 13.2. The number of anilines is 1. The van der Waals surface area contributed by atoms with Gasteiger partial charge in [-0.1, -0.05) is 74.1 Å². The number of hydrogen-bond donors (Lipinski definition) is 0. The van der Waals surface area contributed by atoms with Crippen molar-refractivity contribution in [1.29, 1.82) is 0 Å². The van der Waals surface area contributed by atoms with Crippen molar-refractivity contribution in [2.75, 3.05) is 11.9 Å². The zero-order valence-corrected chi connectivity index (χ0v) is 27.6. The summed E-state index contributed by atoms with van der Waals surface area (Å²) in [7, 11) is 2.00. The van der Waals surface area contributed by atoms with E-state index in [1.165, 1.54) is 5.56 Å². The number of ether oxygens (including phenoxy) is 1. The van der Waals surface area contributed by atoms with Crippen molar-refractivity contribution in [2.24, 2.45) is 0 Å². The van der Waals surface area contributed by atoms with Crippen LogP contribution in [0.1, 0.15) is 26.3 Å². The third-order valence-electron chi connectivity index (χ3n) is 8.33. The van der Waals surface area contributed by atoms with E-state index in [1.807, 2.05) is 66.4 Å². The molecular formula is C39H32N5OPd-3. The molecule has 0 N–H and O–H groups in total. The van der Waals surface area contributed by atoms with Gasteiger partial charge < -0.3 is 23.7 Å². The Morgan fingerprint density at radius 3 is 2.22 bits per heavy atom. The largest absolute Gasteiger partial charge is 0.510 e. The van der Waals surface area contributed by atoms with E-state index in [0.717, 1.165) is 50.0 Å². The molecular weight excluding hydrogens is 661 g/mol. The molecule has 0 aliphatic carbocycles. The molecule has 7 heteroatoms. The van der Waals surface area contributed by atoms with Crippen LogP contribution in [-0.4, -0.2) is 26.1 Å². The van der Waals surface area contributed by atoms with Gasteiger partial charge in [-0.3, -0.25) is 0 Å². The summed E-state index contributed by atoms with van der Waals surface area (Å²) < 4.78 is 11.0. The fraction of sp³-hybridized carbons (Fsp3) is 0.128.